The fourth-order valence-corrected chi connectivity index (χ4v) is 1.25. The minimum Gasteiger partial charge on any atom is -0.320 e. The molecule has 1 aromatic carbocycles. The van der Waals surface area contributed by atoms with Crippen LogP contribution in [0.1, 0.15) is 0 Å². The molecule has 16 heavy (non-hydrogen) atoms. The summed E-state index contributed by atoms with van der Waals surface area (Å²) < 4.78 is 49.2. The molecule has 0 fully saturated rings. The quantitative estimate of drug-likeness (QED) is 0.853. The summed E-state index contributed by atoms with van der Waals surface area (Å²) >= 11 is 2.98. The zero-order chi connectivity index (χ0) is 12.3. The van der Waals surface area contributed by atoms with Crippen LogP contribution in [-0.2, 0) is 4.79 Å². The summed E-state index contributed by atoms with van der Waals surface area (Å²) in [6, 6.07) is 5.85. The van der Waals surface area contributed by atoms with Crippen molar-refractivity contribution in [3.63, 3.8) is 0 Å². The molecule has 0 atom stereocenters. The molecule has 1 N–H and O–H groups in total. The minimum absolute atomic E-state index is 0.00725. The summed E-state index contributed by atoms with van der Waals surface area (Å²) in [4.78, 5) is 10.9. The highest BCUT2D eigenvalue weighted by atomic mass is 79.9. The number of anilines is 1. The lowest BCUT2D eigenvalue weighted by Crippen LogP contribution is -2.41. The monoisotopic (exact) mass is 299 g/mol. The number of halogens is 5. The molecule has 0 saturated heterocycles. The topological polar surface area (TPSA) is 29.1 Å². The van der Waals surface area contributed by atoms with Crippen LogP contribution >= 0.6 is 15.9 Å². The maximum atomic E-state index is 12.6. The predicted molar refractivity (Wildman–Crippen MR) is 53.7 cm³/mol. The van der Waals surface area contributed by atoms with Gasteiger partial charge in [0.25, 0.3) is 0 Å². The fraction of sp³-hybridized carbons (Fsp3) is 0.222. The zero-order valence-electron chi connectivity index (χ0n) is 7.68. The number of benzene rings is 1. The summed E-state index contributed by atoms with van der Waals surface area (Å²) in [5.41, 5.74) is 0.00725. The molecule has 0 radical (unpaired) electrons. The van der Waals surface area contributed by atoms with Crippen LogP contribution in [0.15, 0.2) is 28.7 Å². The van der Waals surface area contributed by atoms with Crippen molar-refractivity contribution in [2.24, 2.45) is 0 Å². The van der Waals surface area contributed by atoms with E-state index in [0.717, 1.165) is 0 Å². The van der Waals surface area contributed by atoms with E-state index in [1.54, 1.807) is 11.4 Å². The number of carbonyl (C=O) groups is 1. The molecule has 2 nitrogen and oxygen atoms in total. The molecule has 0 bridgehead atoms. The maximum absolute atomic E-state index is 12.6. The molecule has 1 aromatic rings. The second-order valence-electron chi connectivity index (χ2n) is 2.86. The number of carbonyl (C=O) groups excluding carboxylic acids is 1. The second-order valence-corrected chi connectivity index (χ2v) is 3.71. The van der Waals surface area contributed by atoms with Crippen LogP contribution in [0.4, 0.5) is 23.2 Å². The third-order valence-electron chi connectivity index (χ3n) is 1.70. The van der Waals surface area contributed by atoms with Crippen molar-refractivity contribution < 1.29 is 22.4 Å². The van der Waals surface area contributed by atoms with Crippen LogP contribution in [0.3, 0.4) is 0 Å². The molecule has 0 aliphatic heterocycles. The van der Waals surface area contributed by atoms with Gasteiger partial charge in [-0.1, -0.05) is 12.1 Å². The van der Waals surface area contributed by atoms with Gasteiger partial charge in [0.05, 0.1) is 5.69 Å². The van der Waals surface area contributed by atoms with Crippen molar-refractivity contribution in [1.29, 1.82) is 0 Å². The third-order valence-corrected chi connectivity index (χ3v) is 2.39. The Kier molecular flexibility index (Phi) is 3.90. The molecule has 0 aromatic heterocycles. The molecule has 88 valence electrons. The van der Waals surface area contributed by atoms with Crippen LogP contribution < -0.4 is 5.32 Å². The molecule has 1 rings (SSSR count). The molecule has 0 spiro atoms. The van der Waals surface area contributed by atoms with E-state index in [0.29, 0.717) is 4.47 Å². The first-order valence-electron chi connectivity index (χ1n) is 4.07. The maximum Gasteiger partial charge on any atom is 0.383 e. The van der Waals surface area contributed by atoms with Crippen LogP contribution in [0.25, 0.3) is 0 Å². The van der Waals surface area contributed by atoms with Gasteiger partial charge in [0, 0.05) is 4.47 Å². The van der Waals surface area contributed by atoms with Gasteiger partial charge in [-0.15, -0.1) is 0 Å². The Morgan fingerprint density at radius 2 is 1.88 bits per heavy atom. The Morgan fingerprint density at radius 3 is 2.38 bits per heavy atom. The van der Waals surface area contributed by atoms with E-state index < -0.39 is 18.3 Å². The van der Waals surface area contributed by atoms with Crippen LogP contribution in [0.2, 0.25) is 0 Å². The molecule has 0 unspecified atom stereocenters. The van der Waals surface area contributed by atoms with E-state index in [-0.39, 0.29) is 5.69 Å². The summed E-state index contributed by atoms with van der Waals surface area (Å²) in [6.07, 6.45) is -4.03. The molecular weight excluding hydrogens is 294 g/mol. The normalized spacial score (nSPS) is 11.6. The van der Waals surface area contributed by atoms with Gasteiger partial charge < -0.3 is 5.32 Å². The van der Waals surface area contributed by atoms with E-state index >= 15 is 0 Å². The predicted octanol–water partition coefficient (Wildman–Crippen LogP) is 3.29. The number of nitrogens with one attached hydrogen (secondary N) is 1. The number of hydrogen-bond donors (Lipinski definition) is 1. The lowest BCUT2D eigenvalue weighted by molar-refractivity contribution is -0.163. The van der Waals surface area contributed by atoms with Gasteiger partial charge in [-0.3, -0.25) is 4.79 Å². The number of rotatable bonds is 3. The fourth-order valence-electron chi connectivity index (χ4n) is 0.867. The largest absolute Gasteiger partial charge is 0.383 e. The SMILES string of the molecule is O=C(Nc1ccccc1Br)C(F)(F)C(F)F. The van der Waals surface area contributed by atoms with E-state index in [9.17, 15) is 22.4 Å². The van der Waals surface area contributed by atoms with Gasteiger partial charge in [0.2, 0.25) is 0 Å². The van der Waals surface area contributed by atoms with Crippen molar-refractivity contribution in [1.82, 2.24) is 0 Å². The summed E-state index contributed by atoms with van der Waals surface area (Å²) in [6.45, 7) is 0. The van der Waals surface area contributed by atoms with Gasteiger partial charge in [-0.2, -0.15) is 8.78 Å². The Balaban J connectivity index is 2.84. The summed E-state index contributed by atoms with van der Waals surface area (Å²) in [5.74, 6) is -6.73. The molecular formula is C9H6BrF4NO. The van der Waals surface area contributed by atoms with Crippen molar-refractivity contribution >= 4 is 27.5 Å². The molecule has 7 heteroatoms. The summed E-state index contributed by atoms with van der Waals surface area (Å²) in [7, 11) is 0. The van der Waals surface area contributed by atoms with Crippen LogP contribution in [-0.4, -0.2) is 18.3 Å². The van der Waals surface area contributed by atoms with E-state index in [4.69, 9.17) is 0 Å². The van der Waals surface area contributed by atoms with Gasteiger partial charge in [0.1, 0.15) is 0 Å². The van der Waals surface area contributed by atoms with Crippen molar-refractivity contribution in [2.75, 3.05) is 5.32 Å². The Labute approximate surface area is 96.8 Å². The van der Waals surface area contributed by atoms with Gasteiger partial charge in [0.15, 0.2) is 0 Å². The Morgan fingerprint density at radius 1 is 1.31 bits per heavy atom. The average molecular weight is 300 g/mol. The smallest absolute Gasteiger partial charge is 0.320 e. The van der Waals surface area contributed by atoms with Crippen molar-refractivity contribution in [2.45, 2.75) is 12.3 Å². The lowest BCUT2D eigenvalue weighted by atomic mass is 10.3. The highest BCUT2D eigenvalue weighted by molar-refractivity contribution is 9.10. The number of para-hydroxylation sites is 1. The molecule has 0 aliphatic carbocycles. The number of alkyl halides is 4. The zero-order valence-corrected chi connectivity index (χ0v) is 9.27. The summed E-state index contributed by atoms with van der Waals surface area (Å²) in [5, 5.41) is 1.72. The van der Waals surface area contributed by atoms with Gasteiger partial charge in [-0.25, -0.2) is 8.78 Å². The molecule has 0 heterocycles. The van der Waals surface area contributed by atoms with Crippen molar-refractivity contribution in [3.8, 4) is 0 Å². The van der Waals surface area contributed by atoms with E-state index in [2.05, 4.69) is 15.9 Å². The Bertz CT molecular complexity index is 397. The first kappa shape index (κ1) is 13.0. The highest BCUT2D eigenvalue weighted by Crippen LogP contribution is 2.27. The van der Waals surface area contributed by atoms with Crippen molar-refractivity contribution in [3.05, 3.63) is 28.7 Å². The second kappa shape index (κ2) is 4.82. The molecule has 0 saturated carbocycles. The van der Waals surface area contributed by atoms with Crippen LogP contribution in [0, 0.1) is 0 Å². The average Bonchev–Trinajstić information content (AvgIpc) is 2.21. The van der Waals surface area contributed by atoms with Gasteiger partial charge >= 0.3 is 18.3 Å². The minimum atomic E-state index is -4.70. The Hall–Kier alpha value is -1.11. The van der Waals surface area contributed by atoms with E-state index in [1.807, 2.05) is 0 Å². The first-order chi connectivity index (χ1) is 7.35. The van der Waals surface area contributed by atoms with Gasteiger partial charge in [-0.05, 0) is 28.1 Å². The molecule has 1 amide bonds. The lowest BCUT2D eigenvalue weighted by Gasteiger charge is -2.15. The number of hydrogen-bond acceptors (Lipinski definition) is 1. The molecule has 0 aliphatic rings. The third kappa shape index (κ3) is 2.72. The van der Waals surface area contributed by atoms with E-state index in [1.165, 1.54) is 18.2 Å². The number of amides is 1. The standard InChI is InChI=1S/C9H6BrF4NO/c10-5-3-1-2-4-6(5)15-8(16)9(13,14)7(11)12/h1-4,7H,(H,15,16). The highest BCUT2D eigenvalue weighted by Gasteiger charge is 2.49. The van der Waals surface area contributed by atoms with Crippen LogP contribution in [0.5, 0.6) is 0 Å². The first-order valence-corrected chi connectivity index (χ1v) is 4.87.